The molecule has 16 heavy (non-hydrogen) atoms. The molecule has 0 aromatic heterocycles. The van der Waals surface area contributed by atoms with Gasteiger partial charge < -0.3 is 10.4 Å². The Morgan fingerprint density at radius 2 is 2.12 bits per heavy atom. The van der Waals surface area contributed by atoms with Crippen molar-refractivity contribution in [3.05, 3.63) is 33.8 Å². The Balaban J connectivity index is 2.23. The standard InChI is InChI=1S/C12H15Cl2NO/c13-11-2-1-8(5-12(11)14)10-3-4-15-6-9(10)7-16/h1-2,5,9-10,15-16H,3-4,6-7H2/t9-,10-/m1/s1. The van der Waals surface area contributed by atoms with Crippen molar-refractivity contribution in [2.45, 2.75) is 12.3 Å². The fraction of sp³-hybridized carbons (Fsp3) is 0.500. The number of aliphatic hydroxyl groups is 1. The summed E-state index contributed by atoms with van der Waals surface area (Å²) in [4.78, 5) is 0. The van der Waals surface area contributed by atoms with Gasteiger partial charge in [-0.05, 0) is 36.6 Å². The molecule has 0 spiro atoms. The first-order valence-electron chi connectivity index (χ1n) is 5.49. The highest BCUT2D eigenvalue weighted by Crippen LogP contribution is 2.33. The Bertz CT molecular complexity index is 370. The summed E-state index contributed by atoms with van der Waals surface area (Å²) in [6.45, 7) is 2.06. The lowest BCUT2D eigenvalue weighted by atomic mass is 9.82. The zero-order chi connectivity index (χ0) is 11.5. The van der Waals surface area contributed by atoms with Gasteiger partial charge in [0.25, 0.3) is 0 Å². The second kappa shape index (κ2) is 5.37. The van der Waals surface area contributed by atoms with E-state index in [0.717, 1.165) is 19.5 Å². The van der Waals surface area contributed by atoms with Crippen LogP contribution in [-0.2, 0) is 0 Å². The molecular weight excluding hydrogens is 245 g/mol. The van der Waals surface area contributed by atoms with Crippen molar-refractivity contribution in [3.8, 4) is 0 Å². The molecule has 2 atom stereocenters. The van der Waals surface area contributed by atoms with Gasteiger partial charge in [0.1, 0.15) is 0 Å². The minimum Gasteiger partial charge on any atom is -0.396 e. The molecule has 0 unspecified atom stereocenters. The molecule has 2 N–H and O–H groups in total. The Morgan fingerprint density at radius 1 is 1.31 bits per heavy atom. The highest BCUT2D eigenvalue weighted by atomic mass is 35.5. The summed E-state index contributed by atoms with van der Waals surface area (Å²) in [5, 5.41) is 13.8. The SMILES string of the molecule is OC[C@H]1CNCC[C@@H]1c1ccc(Cl)c(Cl)c1. The number of hydrogen-bond donors (Lipinski definition) is 2. The third kappa shape index (κ3) is 2.51. The van der Waals surface area contributed by atoms with Gasteiger partial charge in [0.15, 0.2) is 0 Å². The molecule has 2 rings (SSSR count). The van der Waals surface area contributed by atoms with Gasteiger partial charge >= 0.3 is 0 Å². The summed E-state index contributed by atoms with van der Waals surface area (Å²) >= 11 is 11.9. The zero-order valence-electron chi connectivity index (χ0n) is 8.92. The summed E-state index contributed by atoms with van der Waals surface area (Å²) in [5.74, 6) is 0.645. The lowest BCUT2D eigenvalue weighted by molar-refractivity contribution is 0.179. The first-order valence-corrected chi connectivity index (χ1v) is 6.24. The number of piperidine rings is 1. The van der Waals surface area contributed by atoms with Crippen LogP contribution in [0.15, 0.2) is 18.2 Å². The molecule has 1 fully saturated rings. The van der Waals surface area contributed by atoms with E-state index in [9.17, 15) is 5.11 Å². The maximum Gasteiger partial charge on any atom is 0.0595 e. The van der Waals surface area contributed by atoms with Crippen LogP contribution >= 0.6 is 23.2 Å². The van der Waals surface area contributed by atoms with Crippen LogP contribution in [0.25, 0.3) is 0 Å². The molecule has 0 aliphatic carbocycles. The van der Waals surface area contributed by atoms with Crippen LogP contribution < -0.4 is 5.32 Å². The number of aliphatic hydroxyl groups excluding tert-OH is 1. The van der Waals surface area contributed by atoms with Gasteiger partial charge in [-0.1, -0.05) is 29.3 Å². The lowest BCUT2D eigenvalue weighted by Gasteiger charge is -2.31. The van der Waals surface area contributed by atoms with E-state index in [-0.39, 0.29) is 12.5 Å². The van der Waals surface area contributed by atoms with Gasteiger partial charge in [-0.3, -0.25) is 0 Å². The van der Waals surface area contributed by atoms with Crippen LogP contribution in [0.3, 0.4) is 0 Å². The molecule has 0 amide bonds. The minimum absolute atomic E-state index is 0.206. The largest absolute Gasteiger partial charge is 0.396 e. The topological polar surface area (TPSA) is 32.3 Å². The van der Waals surface area contributed by atoms with Crippen molar-refractivity contribution < 1.29 is 5.11 Å². The van der Waals surface area contributed by atoms with E-state index < -0.39 is 0 Å². The number of rotatable bonds is 2. The van der Waals surface area contributed by atoms with Crippen LogP contribution in [0.5, 0.6) is 0 Å². The average Bonchev–Trinajstić information content (AvgIpc) is 2.32. The number of nitrogens with one attached hydrogen (secondary N) is 1. The molecule has 1 saturated heterocycles. The lowest BCUT2D eigenvalue weighted by Crippen LogP contribution is -2.37. The van der Waals surface area contributed by atoms with Crippen molar-refractivity contribution in [2.75, 3.05) is 19.7 Å². The quantitative estimate of drug-likeness (QED) is 0.856. The molecule has 1 heterocycles. The molecular formula is C12H15Cl2NO. The molecule has 0 radical (unpaired) electrons. The maximum absolute atomic E-state index is 9.35. The molecule has 1 aliphatic rings. The second-order valence-electron chi connectivity index (χ2n) is 4.22. The van der Waals surface area contributed by atoms with Gasteiger partial charge in [0.05, 0.1) is 10.0 Å². The summed E-state index contributed by atoms with van der Waals surface area (Å²) in [5.41, 5.74) is 1.18. The van der Waals surface area contributed by atoms with E-state index in [4.69, 9.17) is 23.2 Å². The average molecular weight is 260 g/mol. The Labute approximate surface area is 106 Å². The van der Waals surface area contributed by atoms with Crippen molar-refractivity contribution in [1.29, 1.82) is 0 Å². The molecule has 0 saturated carbocycles. The van der Waals surface area contributed by atoms with E-state index in [0.29, 0.717) is 16.0 Å². The smallest absolute Gasteiger partial charge is 0.0595 e. The number of benzene rings is 1. The number of hydrogen-bond acceptors (Lipinski definition) is 2. The summed E-state index contributed by atoms with van der Waals surface area (Å²) in [6, 6.07) is 5.76. The molecule has 2 nitrogen and oxygen atoms in total. The van der Waals surface area contributed by atoms with Gasteiger partial charge in [-0.25, -0.2) is 0 Å². The normalized spacial score (nSPS) is 25.7. The van der Waals surface area contributed by atoms with Gasteiger partial charge in [-0.2, -0.15) is 0 Å². The predicted molar refractivity (Wildman–Crippen MR) is 67.3 cm³/mol. The zero-order valence-corrected chi connectivity index (χ0v) is 10.4. The Kier molecular flexibility index (Phi) is 4.09. The van der Waals surface area contributed by atoms with Crippen LogP contribution in [0.2, 0.25) is 10.0 Å². The predicted octanol–water partition coefficient (Wildman–Crippen LogP) is 2.68. The van der Waals surface area contributed by atoms with E-state index >= 15 is 0 Å². The van der Waals surface area contributed by atoms with Crippen molar-refractivity contribution >= 4 is 23.2 Å². The molecule has 4 heteroatoms. The van der Waals surface area contributed by atoms with Crippen molar-refractivity contribution in [2.24, 2.45) is 5.92 Å². The van der Waals surface area contributed by atoms with E-state index in [1.807, 2.05) is 18.2 Å². The van der Waals surface area contributed by atoms with Gasteiger partial charge in [0.2, 0.25) is 0 Å². The molecule has 1 aliphatic heterocycles. The van der Waals surface area contributed by atoms with E-state index in [1.54, 1.807) is 0 Å². The Hall–Kier alpha value is -0.280. The highest BCUT2D eigenvalue weighted by Gasteiger charge is 2.25. The summed E-state index contributed by atoms with van der Waals surface area (Å²) in [7, 11) is 0. The maximum atomic E-state index is 9.35. The van der Waals surface area contributed by atoms with Gasteiger partial charge in [0, 0.05) is 19.1 Å². The van der Waals surface area contributed by atoms with Crippen LogP contribution in [0, 0.1) is 5.92 Å². The first-order chi connectivity index (χ1) is 7.72. The molecule has 1 aromatic carbocycles. The second-order valence-corrected chi connectivity index (χ2v) is 5.03. The number of halogens is 2. The minimum atomic E-state index is 0.206. The van der Waals surface area contributed by atoms with Crippen LogP contribution in [-0.4, -0.2) is 24.8 Å². The van der Waals surface area contributed by atoms with Crippen molar-refractivity contribution in [1.82, 2.24) is 5.32 Å². The van der Waals surface area contributed by atoms with Crippen molar-refractivity contribution in [3.63, 3.8) is 0 Å². The third-order valence-corrected chi connectivity index (χ3v) is 3.95. The molecule has 1 aromatic rings. The highest BCUT2D eigenvalue weighted by molar-refractivity contribution is 6.42. The van der Waals surface area contributed by atoms with E-state index in [2.05, 4.69) is 5.32 Å². The van der Waals surface area contributed by atoms with Crippen LogP contribution in [0.4, 0.5) is 0 Å². The molecule has 88 valence electrons. The van der Waals surface area contributed by atoms with E-state index in [1.165, 1.54) is 5.56 Å². The monoisotopic (exact) mass is 259 g/mol. The fourth-order valence-electron chi connectivity index (χ4n) is 2.30. The van der Waals surface area contributed by atoms with Gasteiger partial charge in [-0.15, -0.1) is 0 Å². The Morgan fingerprint density at radius 3 is 2.81 bits per heavy atom. The summed E-state index contributed by atoms with van der Waals surface area (Å²) in [6.07, 6.45) is 1.03. The van der Waals surface area contributed by atoms with Crippen LogP contribution in [0.1, 0.15) is 17.9 Å². The summed E-state index contributed by atoms with van der Waals surface area (Å²) < 4.78 is 0. The fourth-order valence-corrected chi connectivity index (χ4v) is 2.60. The third-order valence-electron chi connectivity index (χ3n) is 3.21. The molecule has 0 bridgehead atoms. The first kappa shape index (κ1) is 12.2.